The van der Waals surface area contributed by atoms with Gasteiger partial charge in [0.05, 0.1) is 23.3 Å². The molecule has 0 bridgehead atoms. The second-order valence-corrected chi connectivity index (χ2v) is 6.43. The number of aryl methyl sites for hydroxylation is 2. The Morgan fingerprint density at radius 1 is 1.08 bits per heavy atom. The van der Waals surface area contributed by atoms with E-state index < -0.39 is 5.95 Å². The number of fused-ring (bicyclic) bond motifs is 1. The summed E-state index contributed by atoms with van der Waals surface area (Å²) in [6.07, 6.45) is 7.69. The van der Waals surface area contributed by atoms with Gasteiger partial charge in [0.2, 0.25) is 11.8 Å². The first-order valence-electron chi connectivity index (χ1n) is 8.75. The van der Waals surface area contributed by atoms with Crippen LogP contribution in [0.15, 0.2) is 36.7 Å². The summed E-state index contributed by atoms with van der Waals surface area (Å²) >= 11 is 0. The quantitative estimate of drug-likeness (QED) is 0.669. The van der Waals surface area contributed by atoms with E-state index in [1.165, 1.54) is 11.6 Å². The summed E-state index contributed by atoms with van der Waals surface area (Å²) in [7, 11) is 0. The number of hydrogen-bond donors (Lipinski definition) is 0. The lowest BCUT2D eigenvalue weighted by molar-refractivity contribution is 0.286. The summed E-state index contributed by atoms with van der Waals surface area (Å²) in [5, 5.41) is 0. The van der Waals surface area contributed by atoms with Gasteiger partial charge in [-0.2, -0.15) is 4.39 Å². The molecule has 0 fully saturated rings. The summed E-state index contributed by atoms with van der Waals surface area (Å²) < 4.78 is 19.1. The van der Waals surface area contributed by atoms with Gasteiger partial charge in [-0.25, -0.2) is 15.0 Å². The molecular weight excluding hydrogens is 331 g/mol. The number of aromatic nitrogens is 4. The summed E-state index contributed by atoms with van der Waals surface area (Å²) in [4.78, 5) is 17.4. The molecule has 5 nitrogen and oxygen atoms in total. The van der Waals surface area contributed by atoms with Crippen molar-refractivity contribution < 1.29 is 9.13 Å². The van der Waals surface area contributed by atoms with E-state index in [0.29, 0.717) is 11.6 Å². The van der Waals surface area contributed by atoms with Gasteiger partial charge in [0, 0.05) is 23.5 Å². The molecule has 0 atom stereocenters. The Bertz CT molecular complexity index is 945. The fourth-order valence-corrected chi connectivity index (χ4v) is 3.25. The maximum absolute atomic E-state index is 13.2. The third-order valence-corrected chi connectivity index (χ3v) is 4.45. The highest BCUT2D eigenvalue weighted by atomic mass is 19.1. The molecule has 0 unspecified atom stereocenters. The summed E-state index contributed by atoms with van der Waals surface area (Å²) in [6.45, 7) is 2.10. The van der Waals surface area contributed by atoms with Crippen LogP contribution in [0, 0.1) is 12.9 Å². The van der Waals surface area contributed by atoms with Gasteiger partial charge in [-0.1, -0.05) is 6.07 Å². The lowest BCUT2D eigenvalue weighted by Crippen LogP contribution is -2.10. The lowest BCUT2D eigenvalue weighted by atomic mass is 9.91. The minimum absolute atomic E-state index is 0.169. The van der Waals surface area contributed by atoms with Crippen LogP contribution in [0.1, 0.15) is 35.5 Å². The molecule has 6 heteroatoms. The smallest absolute Gasteiger partial charge is 0.214 e. The first kappa shape index (κ1) is 16.6. The Labute approximate surface area is 151 Å². The molecule has 4 rings (SSSR count). The van der Waals surface area contributed by atoms with E-state index in [1.54, 1.807) is 24.5 Å². The zero-order valence-electron chi connectivity index (χ0n) is 14.6. The number of halogens is 1. The summed E-state index contributed by atoms with van der Waals surface area (Å²) in [5.74, 6) is -0.00441. The Hall–Kier alpha value is -2.89. The monoisotopic (exact) mass is 350 g/mol. The molecule has 0 radical (unpaired) electrons. The predicted octanol–water partition coefficient (Wildman–Crippen LogP) is 3.84. The molecule has 0 aliphatic heterocycles. The minimum atomic E-state index is -0.514. The molecule has 132 valence electrons. The SMILES string of the molecule is Cc1cncc(-c2cc(OCc3cccc(F)n3)nc3c2CCCC3)n1. The van der Waals surface area contributed by atoms with E-state index in [2.05, 4.69) is 19.9 Å². The van der Waals surface area contributed by atoms with Gasteiger partial charge in [0.25, 0.3) is 0 Å². The van der Waals surface area contributed by atoms with Gasteiger partial charge in [0.1, 0.15) is 6.61 Å². The van der Waals surface area contributed by atoms with Crippen LogP contribution in [0.5, 0.6) is 5.88 Å². The first-order chi connectivity index (χ1) is 12.7. The van der Waals surface area contributed by atoms with Crippen LogP contribution in [0.25, 0.3) is 11.3 Å². The van der Waals surface area contributed by atoms with E-state index in [0.717, 1.165) is 48.3 Å². The maximum atomic E-state index is 13.2. The minimum Gasteiger partial charge on any atom is -0.471 e. The van der Waals surface area contributed by atoms with Gasteiger partial charge in [0.15, 0.2) is 0 Å². The highest BCUT2D eigenvalue weighted by Gasteiger charge is 2.19. The highest BCUT2D eigenvalue weighted by molar-refractivity contribution is 5.65. The standard InChI is InChI=1S/C20H19FN4O/c1-13-10-22-11-18(23-13)16-9-20(25-17-7-3-2-6-15(16)17)26-12-14-5-4-8-19(21)24-14/h4-5,8-11H,2-3,6-7,12H2,1H3. The zero-order valence-corrected chi connectivity index (χ0v) is 14.6. The van der Waals surface area contributed by atoms with Crippen LogP contribution in [0.2, 0.25) is 0 Å². The van der Waals surface area contributed by atoms with Crippen molar-refractivity contribution in [1.29, 1.82) is 0 Å². The molecule has 3 heterocycles. The van der Waals surface area contributed by atoms with Crippen LogP contribution in [-0.4, -0.2) is 19.9 Å². The van der Waals surface area contributed by atoms with Crippen molar-refractivity contribution in [3.05, 3.63) is 65.3 Å². The Morgan fingerprint density at radius 3 is 2.81 bits per heavy atom. The van der Waals surface area contributed by atoms with Crippen molar-refractivity contribution >= 4 is 0 Å². The first-order valence-corrected chi connectivity index (χ1v) is 8.75. The van der Waals surface area contributed by atoms with Crippen molar-refractivity contribution in [2.75, 3.05) is 0 Å². The molecule has 0 amide bonds. The fraction of sp³-hybridized carbons (Fsp3) is 0.300. The number of rotatable bonds is 4. The molecule has 3 aromatic heterocycles. The van der Waals surface area contributed by atoms with Crippen molar-refractivity contribution in [3.8, 4) is 17.1 Å². The van der Waals surface area contributed by atoms with Gasteiger partial charge in [-0.3, -0.25) is 4.98 Å². The van der Waals surface area contributed by atoms with E-state index in [4.69, 9.17) is 4.74 Å². The predicted molar refractivity (Wildman–Crippen MR) is 95.2 cm³/mol. The topological polar surface area (TPSA) is 60.8 Å². The number of nitrogens with zero attached hydrogens (tertiary/aromatic N) is 4. The lowest BCUT2D eigenvalue weighted by Gasteiger charge is -2.20. The van der Waals surface area contributed by atoms with Crippen LogP contribution in [-0.2, 0) is 19.4 Å². The third kappa shape index (κ3) is 3.54. The molecule has 0 saturated heterocycles. The van der Waals surface area contributed by atoms with Crippen LogP contribution < -0.4 is 4.74 Å². The summed E-state index contributed by atoms with van der Waals surface area (Å²) in [6, 6.07) is 6.57. The Balaban J connectivity index is 1.68. The number of pyridine rings is 2. The molecule has 0 aromatic carbocycles. The molecule has 3 aromatic rings. The summed E-state index contributed by atoms with van der Waals surface area (Å²) in [5.41, 5.74) is 5.54. The highest BCUT2D eigenvalue weighted by Crippen LogP contribution is 2.32. The molecule has 1 aliphatic rings. The Morgan fingerprint density at radius 2 is 1.96 bits per heavy atom. The molecule has 0 saturated carbocycles. The van der Waals surface area contributed by atoms with Gasteiger partial charge in [-0.15, -0.1) is 0 Å². The van der Waals surface area contributed by atoms with Crippen LogP contribution in [0.4, 0.5) is 4.39 Å². The van der Waals surface area contributed by atoms with E-state index in [9.17, 15) is 4.39 Å². The average Bonchev–Trinajstić information content (AvgIpc) is 2.66. The number of hydrogen-bond acceptors (Lipinski definition) is 5. The molecule has 0 spiro atoms. The van der Waals surface area contributed by atoms with E-state index in [1.807, 2.05) is 13.0 Å². The van der Waals surface area contributed by atoms with E-state index in [-0.39, 0.29) is 6.61 Å². The molecule has 0 N–H and O–H groups in total. The molecule has 26 heavy (non-hydrogen) atoms. The van der Waals surface area contributed by atoms with Crippen molar-refractivity contribution in [1.82, 2.24) is 19.9 Å². The Kier molecular flexibility index (Phi) is 4.56. The van der Waals surface area contributed by atoms with Crippen LogP contribution in [0.3, 0.4) is 0 Å². The average molecular weight is 350 g/mol. The van der Waals surface area contributed by atoms with Crippen molar-refractivity contribution in [2.45, 2.75) is 39.2 Å². The fourth-order valence-electron chi connectivity index (χ4n) is 3.25. The second kappa shape index (κ2) is 7.15. The largest absolute Gasteiger partial charge is 0.471 e. The molecule has 1 aliphatic carbocycles. The third-order valence-electron chi connectivity index (χ3n) is 4.45. The van der Waals surface area contributed by atoms with Gasteiger partial charge < -0.3 is 4.74 Å². The second-order valence-electron chi connectivity index (χ2n) is 6.43. The van der Waals surface area contributed by atoms with Crippen molar-refractivity contribution in [2.24, 2.45) is 0 Å². The van der Waals surface area contributed by atoms with E-state index >= 15 is 0 Å². The normalized spacial score (nSPS) is 13.3. The van der Waals surface area contributed by atoms with Crippen LogP contribution >= 0.6 is 0 Å². The van der Waals surface area contributed by atoms with Gasteiger partial charge >= 0.3 is 0 Å². The van der Waals surface area contributed by atoms with Gasteiger partial charge in [-0.05, 0) is 50.3 Å². The van der Waals surface area contributed by atoms with Crippen molar-refractivity contribution in [3.63, 3.8) is 0 Å². The molecular formula is C20H19FN4O. The maximum Gasteiger partial charge on any atom is 0.214 e. The number of ether oxygens (including phenoxy) is 1. The zero-order chi connectivity index (χ0) is 17.9.